The molecule has 2 aromatic rings. The fraction of sp³-hybridized carbons (Fsp3) is 0.476. The number of halogens is 1. The number of H-pyrrole nitrogens is 1. The van der Waals surface area contributed by atoms with E-state index in [-0.39, 0.29) is 35.4 Å². The Morgan fingerprint density at radius 2 is 1.82 bits per heavy atom. The molecule has 1 amide bonds. The van der Waals surface area contributed by atoms with Gasteiger partial charge in [-0.3, -0.25) is 9.59 Å². The second kappa shape index (κ2) is 9.96. The van der Waals surface area contributed by atoms with Crippen LogP contribution in [0.25, 0.3) is 6.08 Å². The molecule has 0 aromatic carbocycles. The number of thiophene rings is 1. The molecule has 0 atom stereocenters. The Morgan fingerprint density at radius 1 is 1.12 bits per heavy atom. The van der Waals surface area contributed by atoms with E-state index in [1.165, 1.54) is 21.7 Å². The van der Waals surface area contributed by atoms with Crippen molar-refractivity contribution < 1.29 is 13.2 Å². The summed E-state index contributed by atoms with van der Waals surface area (Å²) >= 11 is 7.26. The quantitative estimate of drug-likeness (QED) is 0.659. The van der Waals surface area contributed by atoms with Crippen molar-refractivity contribution in [2.24, 2.45) is 5.92 Å². The minimum absolute atomic E-state index is 0.0848. The van der Waals surface area contributed by atoms with Crippen molar-refractivity contribution in [1.82, 2.24) is 19.4 Å². The van der Waals surface area contributed by atoms with Crippen molar-refractivity contribution in [3.63, 3.8) is 0 Å². The zero-order chi connectivity index (χ0) is 23.6. The van der Waals surface area contributed by atoms with Gasteiger partial charge in [-0.1, -0.05) is 11.6 Å². The van der Waals surface area contributed by atoms with Crippen molar-refractivity contribution in [2.45, 2.75) is 19.8 Å². The molecule has 4 rings (SSSR count). The Morgan fingerprint density at radius 3 is 2.39 bits per heavy atom. The molecule has 1 N–H and O–H groups in total. The average molecular weight is 512 g/mol. The summed E-state index contributed by atoms with van der Waals surface area (Å²) in [7, 11) is -3.58. The minimum Gasteiger partial charge on any atom is -0.355 e. The van der Waals surface area contributed by atoms with Crippen LogP contribution in [0.2, 0.25) is 4.34 Å². The third-order valence-electron chi connectivity index (χ3n) is 6.07. The van der Waals surface area contributed by atoms with Crippen LogP contribution in [-0.4, -0.2) is 73.0 Å². The van der Waals surface area contributed by atoms with Crippen molar-refractivity contribution in [2.75, 3.05) is 44.2 Å². The molecule has 4 heterocycles. The summed E-state index contributed by atoms with van der Waals surface area (Å²) in [6.45, 7) is 4.29. The van der Waals surface area contributed by atoms with Crippen LogP contribution in [0.1, 0.15) is 24.6 Å². The van der Waals surface area contributed by atoms with E-state index in [4.69, 9.17) is 11.6 Å². The van der Waals surface area contributed by atoms with Gasteiger partial charge in [-0.05, 0) is 44.0 Å². The van der Waals surface area contributed by atoms with E-state index in [0.717, 1.165) is 4.88 Å². The van der Waals surface area contributed by atoms with Crippen LogP contribution in [0.3, 0.4) is 0 Å². The standard InChI is InChI=1S/C21H26ClN5O4S2/c1-15(14-17-2-3-18(22)32-17)33(30,31)27-12-10-26(11-13-27)21(29)16-6-8-25(9-7-16)19-4-5-20(28)24-23-19/h2-5,14,16H,6-13H2,1H3,(H,24,28). The Kier molecular flexibility index (Phi) is 7.22. The van der Waals surface area contributed by atoms with E-state index in [0.29, 0.717) is 49.2 Å². The predicted octanol–water partition coefficient (Wildman–Crippen LogP) is 2.24. The smallest absolute Gasteiger partial charge is 0.264 e. The number of nitrogens with one attached hydrogen (secondary N) is 1. The Balaban J connectivity index is 1.30. The SMILES string of the molecule is CC(=Cc1ccc(Cl)s1)S(=O)(=O)N1CCN(C(=O)C2CCN(c3ccc(=O)[nH]n3)CC2)CC1. The molecule has 12 heteroatoms. The first kappa shape index (κ1) is 23.9. The zero-order valence-corrected chi connectivity index (χ0v) is 20.6. The first-order chi connectivity index (χ1) is 15.7. The highest BCUT2D eigenvalue weighted by molar-refractivity contribution is 7.93. The number of rotatable bonds is 5. The first-order valence-electron chi connectivity index (χ1n) is 10.8. The van der Waals surface area contributed by atoms with Crippen LogP contribution < -0.4 is 10.5 Å². The molecule has 2 aromatic heterocycles. The van der Waals surface area contributed by atoms with Crippen molar-refractivity contribution in [1.29, 1.82) is 0 Å². The van der Waals surface area contributed by atoms with Crippen molar-refractivity contribution in [3.05, 3.63) is 48.7 Å². The number of sulfonamides is 1. The number of hydrogen-bond donors (Lipinski definition) is 1. The average Bonchev–Trinajstić information content (AvgIpc) is 3.23. The molecule has 33 heavy (non-hydrogen) atoms. The van der Waals surface area contributed by atoms with Crippen LogP contribution in [0, 0.1) is 5.92 Å². The third-order valence-corrected chi connectivity index (χ3v) is 9.22. The molecule has 0 aliphatic carbocycles. The zero-order valence-electron chi connectivity index (χ0n) is 18.2. The van der Waals surface area contributed by atoms with Gasteiger partial charge in [0, 0.05) is 56.1 Å². The van der Waals surface area contributed by atoms with E-state index in [1.807, 2.05) is 0 Å². The van der Waals surface area contributed by atoms with Gasteiger partial charge in [-0.2, -0.15) is 9.40 Å². The number of allylic oxidation sites excluding steroid dienone is 1. The van der Waals surface area contributed by atoms with Gasteiger partial charge in [0.05, 0.1) is 9.24 Å². The molecule has 2 saturated heterocycles. The summed E-state index contributed by atoms with van der Waals surface area (Å²) < 4.78 is 28.0. The third kappa shape index (κ3) is 5.48. The minimum atomic E-state index is -3.58. The highest BCUT2D eigenvalue weighted by Crippen LogP contribution is 2.27. The lowest BCUT2D eigenvalue weighted by atomic mass is 9.95. The number of aromatic amines is 1. The molecule has 9 nitrogen and oxygen atoms in total. The first-order valence-corrected chi connectivity index (χ1v) is 13.4. The van der Waals surface area contributed by atoms with Gasteiger partial charge in [0.1, 0.15) is 5.82 Å². The van der Waals surface area contributed by atoms with E-state index >= 15 is 0 Å². The van der Waals surface area contributed by atoms with Crippen LogP contribution >= 0.6 is 22.9 Å². The number of aromatic nitrogens is 2. The summed E-state index contributed by atoms with van der Waals surface area (Å²) in [6, 6.07) is 6.66. The highest BCUT2D eigenvalue weighted by Gasteiger charge is 2.34. The second-order valence-corrected chi connectivity index (χ2v) is 12.0. The van der Waals surface area contributed by atoms with Crippen molar-refractivity contribution in [3.8, 4) is 0 Å². The lowest BCUT2D eigenvalue weighted by Crippen LogP contribution is -2.53. The van der Waals surface area contributed by atoms with Crippen LogP contribution in [0.15, 0.2) is 34.0 Å². The summed E-state index contributed by atoms with van der Waals surface area (Å²) in [4.78, 5) is 29.1. The molecule has 178 valence electrons. The van der Waals surface area contributed by atoms with Crippen LogP contribution in [0.4, 0.5) is 5.82 Å². The number of piperazine rings is 1. The van der Waals surface area contributed by atoms with E-state index < -0.39 is 10.0 Å². The van der Waals surface area contributed by atoms with Gasteiger partial charge in [-0.25, -0.2) is 13.5 Å². The summed E-state index contributed by atoms with van der Waals surface area (Å²) in [6.07, 6.45) is 3.03. The normalized spacial score (nSPS) is 19.2. The second-order valence-electron chi connectivity index (χ2n) is 8.17. The molecule has 0 spiro atoms. The molecule has 0 unspecified atom stereocenters. The van der Waals surface area contributed by atoms with Gasteiger partial charge in [0.15, 0.2) is 0 Å². The lowest BCUT2D eigenvalue weighted by molar-refractivity contribution is -0.137. The molecule has 2 fully saturated rings. The molecule has 2 aliphatic heterocycles. The van der Waals surface area contributed by atoms with Gasteiger partial charge >= 0.3 is 0 Å². The molecule has 0 saturated carbocycles. The highest BCUT2D eigenvalue weighted by atomic mass is 35.5. The molecule has 0 radical (unpaired) electrons. The Labute approximate surface area is 201 Å². The molecule has 2 aliphatic rings. The maximum Gasteiger partial charge on any atom is 0.264 e. The number of anilines is 1. The van der Waals surface area contributed by atoms with Gasteiger partial charge in [0.2, 0.25) is 15.9 Å². The van der Waals surface area contributed by atoms with Crippen molar-refractivity contribution >= 4 is 50.8 Å². The maximum atomic E-state index is 13.0. The van der Waals surface area contributed by atoms with E-state index in [9.17, 15) is 18.0 Å². The van der Waals surface area contributed by atoms with Crippen LogP contribution in [0.5, 0.6) is 0 Å². The number of nitrogens with zero attached hydrogens (tertiary/aromatic N) is 4. The fourth-order valence-electron chi connectivity index (χ4n) is 4.16. The summed E-state index contributed by atoms with van der Waals surface area (Å²) in [5, 5.41) is 6.49. The fourth-order valence-corrected chi connectivity index (χ4v) is 6.63. The largest absolute Gasteiger partial charge is 0.355 e. The topological polar surface area (TPSA) is 107 Å². The number of hydrogen-bond acceptors (Lipinski definition) is 7. The van der Waals surface area contributed by atoms with Crippen LogP contribution in [-0.2, 0) is 14.8 Å². The van der Waals surface area contributed by atoms with E-state index in [1.54, 1.807) is 36.1 Å². The Bertz CT molecular complexity index is 1170. The predicted molar refractivity (Wildman–Crippen MR) is 130 cm³/mol. The van der Waals surface area contributed by atoms with Gasteiger partial charge < -0.3 is 9.80 Å². The summed E-state index contributed by atoms with van der Waals surface area (Å²) in [5.41, 5.74) is -0.244. The molecule has 0 bridgehead atoms. The van der Waals surface area contributed by atoms with E-state index in [2.05, 4.69) is 15.1 Å². The molecular weight excluding hydrogens is 486 g/mol. The number of carbonyl (C=O) groups is 1. The number of amides is 1. The number of carbonyl (C=O) groups excluding carboxylic acids is 1. The van der Waals surface area contributed by atoms with Gasteiger partial charge in [-0.15, -0.1) is 11.3 Å². The molecular formula is C21H26ClN5O4S2. The monoisotopic (exact) mass is 511 g/mol. The summed E-state index contributed by atoms with van der Waals surface area (Å²) in [5.74, 6) is 0.701. The van der Waals surface area contributed by atoms with Gasteiger partial charge in [0.25, 0.3) is 5.56 Å². The Hall–Kier alpha value is -2.21. The number of piperidine rings is 1. The lowest BCUT2D eigenvalue weighted by Gasteiger charge is -2.38. The maximum absolute atomic E-state index is 13.0.